The summed E-state index contributed by atoms with van der Waals surface area (Å²) in [5.74, 6) is -1.41. The van der Waals surface area contributed by atoms with Crippen LogP contribution in [0.1, 0.15) is 12.0 Å². The van der Waals surface area contributed by atoms with E-state index in [-0.39, 0.29) is 18.2 Å². The Labute approximate surface area is 177 Å². The van der Waals surface area contributed by atoms with Crippen molar-refractivity contribution < 1.29 is 14.3 Å². The zero-order chi connectivity index (χ0) is 22.0. The summed E-state index contributed by atoms with van der Waals surface area (Å²) in [6.07, 6.45) is 5.20. The van der Waals surface area contributed by atoms with Gasteiger partial charge in [0.25, 0.3) is 0 Å². The average Bonchev–Trinajstić information content (AvgIpc) is 3.22. The van der Waals surface area contributed by atoms with E-state index in [1.54, 1.807) is 18.5 Å². The van der Waals surface area contributed by atoms with Crippen LogP contribution in [0.3, 0.4) is 0 Å². The van der Waals surface area contributed by atoms with Gasteiger partial charge >= 0.3 is 11.8 Å². The average molecular weight is 417 g/mol. The van der Waals surface area contributed by atoms with Gasteiger partial charge in [0.1, 0.15) is 11.6 Å². The molecule has 31 heavy (non-hydrogen) atoms. The van der Waals surface area contributed by atoms with Crippen LogP contribution in [0.4, 0.5) is 11.6 Å². The first-order valence-corrected chi connectivity index (χ1v) is 9.50. The monoisotopic (exact) mass is 417 g/mol. The lowest BCUT2D eigenvalue weighted by Crippen LogP contribution is -2.51. The van der Waals surface area contributed by atoms with Crippen LogP contribution in [0.15, 0.2) is 36.8 Å². The Bertz CT molecular complexity index is 1230. The van der Waals surface area contributed by atoms with Crippen molar-refractivity contribution in [1.29, 1.82) is 5.26 Å². The van der Waals surface area contributed by atoms with E-state index in [4.69, 9.17) is 10.5 Å². The molecule has 2 amide bonds. The molecule has 1 saturated heterocycles. The van der Waals surface area contributed by atoms with E-state index in [2.05, 4.69) is 25.6 Å². The molecule has 1 fully saturated rings. The number of aryl methyl sites for hydroxylation is 1. The highest BCUT2D eigenvalue weighted by Gasteiger charge is 2.38. The molecule has 1 aliphatic rings. The van der Waals surface area contributed by atoms with Gasteiger partial charge in [-0.05, 0) is 36.1 Å². The van der Waals surface area contributed by atoms with Crippen LogP contribution in [-0.2, 0) is 14.3 Å². The highest BCUT2D eigenvalue weighted by molar-refractivity contribution is 6.39. The normalized spacial score (nSPS) is 17.8. The highest BCUT2D eigenvalue weighted by Crippen LogP contribution is 2.28. The molecule has 4 rings (SSSR count). The standard InChI is InChI=1S/C21H19N7O3/c1-12-2-4-24-8-14(12)16-6-13-7-17(25-9-15(13)18(23)26-16)27-19(29)20(30)28-21(10-22)3-5-31-11-21/h2,4,6-9H,3,5,11H2,1H3,(H2,23,26)(H,28,30)(H,25,27,29). The number of fused-ring (bicyclic) bond motifs is 1. The van der Waals surface area contributed by atoms with Crippen LogP contribution in [0.5, 0.6) is 0 Å². The Balaban J connectivity index is 1.58. The third-order valence-corrected chi connectivity index (χ3v) is 5.10. The van der Waals surface area contributed by atoms with Crippen molar-refractivity contribution in [2.24, 2.45) is 0 Å². The molecule has 4 N–H and O–H groups in total. The van der Waals surface area contributed by atoms with Crippen molar-refractivity contribution in [3.05, 3.63) is 42.4 Å². The first kappa shape index (κ1) is 20.2. The second-order valence-corrected chi connectivity index (χ2v) is 7.28. The summed E-state index contributed by atoms with van der Waals surface area (Å²) in [5, 5.41) is 15.5. The van der Waals surface area contributed by atoms with Gasteiger partial charge in [0.2, 0.25) is 0 Å². The third-order valence-electron chi connectivity index (χ3n) is 5.10. The first-order valence-electron chi connectivity index (χ1n) is 9.50. The van der Waals surface area contributed by atoms with Crippen LogP contribution >= 0.6 is 0 Å². The number of nitrogen functional groups attached to an aromatic ring is 1. The molecule has 10 heteroatoms. The summed E-state index contributed by atoms with van der Waals surface area (Å²) in [6.45, 7) is 2.33. The molecule has 0 radical (unpaired) electrons. The molecule has 3 aromatic heterocycles. The first-order chi connectivity index (χ1) is 14.9. The van der Waals surface area contributed by atoms with E-state index in [0.29, 0.717) is 29.5 Å². The molecular weight excluding hydrogens is 398 g/mol. The fourth-order valence-electron chi connectivity index (χ4n) is 3.34. The lowest BCUT2D eigenvalue weighted by Gasteiger charge is -2.19. The van der Waals surface area contributed by atoms with Crippen molar-refractivity contribution >= 4 is 34.2 Å². The second kappa shape index (κ2) is 7.97. The molecule has 0 bridgehead atoms. The molecule has 0 spiro atoms. The van der Waals surface area contributed by atoms with E-state index in [9.17, 15) is 14.9 Å². The lowest BCUT2D eigenvalue weighted by atomic mass is 10.0. The van der Waals surface area contributed by atoms with Crippen molar-refractivity contribution in [2.45, 2.75) is 18.9 Å². The predicted octanol–water partition coefficient (Wildman–Crippen LogP) is 1.32. The van der Waals surface area contributed by atoms with Gasteiger partial charge in [-0.15, -0.1) is 0 Å². The Kier molecular flexibility index (Phi) is 5.19. The number of aromatic nitrogens is 3. The van der Waals surface area contributed by atoms with Gasteiger partial charge in [0, 0.05) is 36.0 Å². The molecule has 156 valence electrons. The Morgan fingerprint density at radius 1 is 1.29 bits per heavy atom. The number of nitrogens with zero attached hydrogens (tertiary/aromatic N) is 4. The molecule has 0 saturated carbocycles. The van der Waals surface area contributed by atoms with Crippen LogP contribution in [-0.4, -0.2) is 45.5 Å². The number of hydrogen-bond donors (Lipinski definition) is 3. The summed E-state index contributed by atoms with van der Waals surface area (Å²) in [4.78, 5) is 37.3. The molecule has 0 aliphatic carbocycles. The predicted molar refractivity (Wildman–Crippen MR) is 112 cm³/mol. The minimum Gasteiger partial charge on any atom is -0.383 e. The highest BCUT2D eigenvalue weighted by atomic mass is 16.5. The van der Waals surface area contributed by atoms with Crippen LogP contribution < -0.4 is 16.4 Å². The van der Waals surface area contributed by atoms with E-state index in [1.807, 2.05) is 25.1 Å². The summed E-state index contributed by atoms with van der Waals surface area (Å²) >= 11 is 0. The topological polar surface area (TPSA) is 156 Å². The van der Waals surface area contributed by atoms with Crippen molar-refractivity contribution in [2.75, 3.05) is 24.3 Å². The number of amides is 2. The summed E-state index contributed by atoms with van der Waals surface area (Å²) in [5.41, 5.74) is 7.36. The van der Waals surface area contributed by atoms with Gasteiger partial charge in [-0.2, -0.15) is 5.26 Å². The van der Waals surface area contributed by atoms with Crippen LogP contribution in [0.25, 0.3) is 22.0 Å². The maximum absolute atomic E-state index is 12.3. The quantitative estimate of drug-likeness (QED) is 0.539. The zero-order valence-electron chi connectivity index (χ0n) is 16.7. The fourth-order valence-corrected chi connectivity index (χ4v) is 3.34. The van der Waals surface area contributed by atoms with Crippen molar-refractivity contribution in [3.8, 4) is 17.3 Å². The van der Waals surface area contributed by atoms with Gasteiger partial charge in [0.15, 0.2) is 5.54 Å². The molecule has 3 aromatic rings. The number of carbonyl (C=O) groups excluding carboxylic acids is 2. The van der Waals surface area contributed by atoms with Gasteiger partial charge in [0.05, 0.1) is 25.0 Å². The molecular formula is C21H19N7O3. The maximum Gasteiger partial charge on any atom is 0.314 e. The molecule has 4 heterocycles. The number of nitrogens with two attached hydrogens (primary N) is 1. The SMILES string of the molecule is Cc1ccncc1-c1cc2cc(NC(=O)C(=O)NC3(C#N)CCOC3)ncc2c(N)n1. The van der Waals surface area contributed by atoms with E-state index in [0.717, 1.165) is 11.1 Å². The summed E-state index contributed by atoms with van der Waals surface area (Å²) in [6, 6.07) is 7.29. The number of pyridine rings is 3. The molecule has 0 aromatic carbocycles. The van der Waals surface area contributed by atoms with E-state index in [1.165, 1.54) is 6.20 Å². The minimum atomic E-state index is -1.19. The number of anilines is 2. The van der Waals surface area contributed by atoms with Gasteiger partial charge < -0.3 is 21.1 Å². The van der Waals surface area contributed by atoms with Crippen LogP contribution in [0.2, 0.25) is 0 Å². The zero-order valence-corrected chi connectivity index (χ0v) is 16.7. The van der Waals surface area contributed by atoms with Gasteiger partial charge in [-0.1, -0.05) is 0 Å². The smallest absolute Gasteiger partial charge is 0.314 e. The van der Waals surface area contributed by atoms with E-state index < -0.39 is 17.4 Å². The van der Waals surface area contributed by atoms with Gasteiger partial charge in [-0.25, -0.2) is 9.97 Å². The largest absolute Gasteiger partial charge is 0.383 e. The van der Waals surface area contributed by atoms with Gasteiger partial charge in [-0.3, -0.25) is 14.6 Å². The molecule has 1 aliphatic heterocycles. The summed E-state index contributed by atoms with van der Waals surface area (Å²) in [7, 11) is 0. The van der Waals surface area contributed by atoms with Crippen LogP contribution in [0, 0.1) is 18.3 Å². The molecule has 1 unspecified atom stereocenters. The Morgan fingerprint density at radius 2 is 2.13 bits per heavy atom. The number of nitrogens with one attached hydrogen (secondary N) is 2. The fraction of sp³-hybridized carbons (Fsp3) is 0.238. The molecule has 1 atom stereocenters. The number of ether oxygens (including phenoxy) is 1. The van der Waals surface area contributed by atoms with Crippen molar-refractivity contribution in [3.63, 3.8) is 0 Å². The number of rotatable bonds is 3. The summed E-state index contributed by atoms with van der Waals surface area (Å²) < 4.78 is 5.16. The number of carbonyl (C=O) groups is 2. The lowest BCUT2D eigenvalue weighted by molar-refractivity contribution is -0.137. The third kappa shape index (κ3) is 3.99. The Morgan fingerprint density at radius 3 is 2.84 bits per heavy atom. The number of hydrogen-bond acceptors (Lipinski definition) is 8. The number of nitriles is 1. The van der Waals surface area contributed by atoms with Crippen molar-refractivity contribution in [1.82, 2.24) is 20.3 Å². The Hall–Kier alpha value is -4.10. The van der Waals surface area contributed by atoms with E-state index >= 15 is 0 Å². The molecule has 10 nitrogen and oxygen atoms in total. The minimum absolute atomic E-state index is 0.0412. The second-order valence-electron chi connectivity index (χ2n) is 7.28. The maximum atomic E-state index is 12.3.